The average molecular weight is 540 g/mol. The van der Waals surface area contributed by atoms with Crippen molar-refractivity contribution in [1.29, 1.82) is 0 Å². The number of para-hydroxylation sites is 1. The maximum Gasteiger partial charge on any atom is 0.242 e. The molecule has 1 aliphatic heterocycles. The second-order valence-corrected chi connectivity index (χ2v) is 10.4. The van der Waals surface area contributed by atoms with Crippen LogP contribution in [0.25, 0.3) is 16.9 Å². The Kier molecular flexibility index (Phi) is 7.86. The van der Waals surface area contributed by atoms with Crippen molar-refractivity contribution in [3.8, 4) is 16.9 Å². The Bertz CT molecular complexity index is 1510. The summed E-state index contributed by atoms with van der Waals surface area (Å²) in [5.41, 5.74) is 5.72. The van der Waals surface area contributed by atoms with Crippen LogP contribution in [0.3, 0.4) is 0 Å². The van der Waals surface area contributed by atoms with E-state index in [9.17, 15) is 4.79 Å². The molecule has 5 rings (SSSR count). The fraction of sp³-hybridized carbons (Fsp3) is 0.133. The monoisotopic (exact) mass is 539 g/mol. The van der Waals surface area contributed by atoms with E-state index in [0.29, 0.717) is 23.2 Å². The van der Waals surface area contributed by atoms with Crippen LogP contribution < -0.4 is 0 Å². The highest BCUT2D eigenvalue weighted by Gasteiger charge is 2.37. The zero-order chi connectivity index (χ0) is 26.5. The lowest BCUT2D eigenvalue weighted by Gasteiger charge is -2.13. The number of nitrogens with zero attached hydrogens (tertiary/aromatic N) is 5. The first-order valence-corrected chi connectivity index (χ1v) is 13.4. The van der Waals surface area contributed by atoms with Gasteiger partial charge in [-0.1, -0.05) is 84.0 Å². The summed E-state index contributed by atoms with van der Waals surface area (Å²) in [5, 5.41) is 14.6. The van der Waals surface area contributed by atoms with Gasteiger partial charge in [0.15, 0.2) is 5.17 Å². The predicted octanol–water partition coefficient (Wildman–Crippen LogP) is 6.56. The maximum atomic E-state index is 13.2. The second kappa shape index (κ2) is 11.6. The van der Waals surface area contributed by atoms with E-state index in [2.05, 4.69) is 35.8 Å². The molecule has 6 nitrogen and oxygen atoms in total. The van der Waals surface area contributed by atoms with Crippen molar-refractivity contribution in [1.82, 2.24) is 14.7 Å². The molecule has 1 aromatic heterocycles. The third-order valence-corrected chi connectivity index (χ3v) is 7.64. The van der Waals surface area contributed by atoms with Crippen LogP contribution in [-0.4, -0.2) is 43.8 Å². The van der Waals surface area contributed by atoms with Gasteiger partial charge in [0.25, 0.3) is 0 Å². The first kappa shape index (κ1) is 25.7. The highest BCUT2D eigenvalue weighted by Crippen LogP contribution is 2.31. The van der Waals surface area contributed by atoms with Gasteiger partial charge in [0.2, 0.25) is 5.91 Å². The van der Waals surface area contributed by atoms with Crippen molar-refractivity contribution < 1.29 is 4.79 Å². The molecule has 190 valence electrons. The number of carbonyl (C=O) groups is 1. The summed E-state index contributed by atoms with van der Waals surface area (Å²) in [7, 11) is 0. The summed E-state index contributed by atoms with van der Waals surface area (Å²) in [6.45, 7) is 6.25. The Labute approximate surface area is 231 Å². The normalized spacial score (nSPS) is 16.6. The number of rotatable bonds is 8. The van der Waals surface area contributed by atoms with E-state index in [-0.39, 0.29) is 11.2 Å². The van der Waals surface area contributed by atoms with Crippen LogP contribution in [0, 0.1) is 6.92 Å². The highest BCUT2D eigenvalue weighted by atomic mass is 35.5. The predicted molar refractivity (Wildman–Crippen MR) is 157 cm³/mol. The molecule has 1 amide bonds. The van der Waals surface area contributed by atoms with Crippen molar-refractivity contribution in [2.75, 3.05) is 6.54 Å². The zero-order valence-electron chi connectivity index (χ0n) is 20.9. The first-order chi connectivity index (χ1) is 18.5. The lowest BCUT2D eigenvalue weighted by Crippen LogP contribution is -2.32. The number of thioether (sulfide) groups is 1. The van der Waals surface area contributed by atoms with Gasteiger partial charge in [-0.15, -0.1) is 11.7 Å². The highest BCUT2D eigenvalue weighted by molar-refractivity contribution is 8.15. The molecule has 0 bridgehead atoms. The second-order valence-electron chi connectivity index (χ2n) is 8.82. The minimum absolute atomic E-state index is 0.0193. The van der Waals surface area contributed by atoms with Crippen LogP contribution in [0.4, 0.5) is 0 Å². The number of amides is 1. The van der Waals surface area contributed by atoms with Crippen LogP contribution in [0.15, 0.2) is 108 Å². The summed E-state index contributed by atoms with van der Waals surface area (Å²) >= 11 is 7.55. The van der Waals surface area contributed by atoms with Crippen LogP contribution in [0.5, 0.6) is 0 Å². The molecule has 1 atom stereocenters. The number of aromatic nitrogens is 2. The minimum Gasteiger partial charge on any atom is -0.285 e. The lowest BCUT2D eigenvalue weighted by molar-refractivity contribution is -0.125. The van der Waals surface area contributed by atoms with Gasteiger partial charge in [-0.05, 0) is 48.7 Å². The molecule has 1 fully saturated rings. The summed E-state index contributed by atoms with van der Waals surface area (Å²) < 4.78 is 1.81. The SMILES string of the molecule is C=CCN1C(=O)C(Cc2ccccc2C)SC1=NN=Cc1cn(-c2ccccc2)nc1-c1ccc(Cl)cc1. The largest absolute Gasteiger partial charge is 0.285 e. The third kappa shape index (κ3) is 5.64. The summed E-state index contributed by atoms with van der Waals surface area (Å²) in [6, 6.07) is 25.5. The number of aryl methyl sites for hydroxylation is 1. The lowest BCUT2D eigenvalue weighted by atomic mass is 10.0. The zero-order valence-corrected chi connectivity index (χ0v) is 22.4. The van der Waals surface area contributed by atoms with E-state index >= 15 is 0 Å². The number of benzene rings is 3. The average Bonchev–Trinajstić information content (AvgIpc) is 3.48. The Hall–Kier alpha value is -3.94. The maximum absolute atomic E-state index is 13.2. The molecule has 3 aromatic carbocycles. The molecule has 0 spiro atoms. The van der Waals surface area contributed by atoms with Gasteiger partial charge in [0, 0.05) is 28.9 Å². The van der Waals surface area contributed by atoms with E-state index in [1.54, 1.807) is 17.2 Å². The molecule has 0 aliphatic carbocycles. The Morgan fingerprint density at radius 3 is 2.53 bits per heavy atom. The smallest absolute Gasteiger partial charge is 0.242 e. The van der Waals surface area contributed by atoms with E-state index < -0.39 is 0 Å². The van der Waals surface area contributed by atoms with Crippen molar-refractivity contribution >= 4 is 40.7 Å². The van der Waals surface area contributed by atoms with E-state index in [4.69, 9.17) is 16.7 Å². The summed E-state index contributed by atoms with van der Waals surface area (Å²) in [6.07, 6.45) is 5.93. The fourth-order valence-corrected chi connectivity index (χ4v) is 5.48. The van der Waals surface area contributed by atoms with Crippen LogP contribution in [-0.2, 0) is 11.2 Å². The van der Waals surface area contributed by atoms with Gasteiger partial charge in [-0.2, -0.15) is 10.2 Å². The first-order valence-electron chi connectivity index (χ1n) is 12.2. The topological polar surface area (TPSA) is 62.9 Å². The van der Waals surface area contributed by atoms with Gasteiger partial charge in [0.05, 0.1) is 17.2 Å². The number of carbonyl (C=O) groups excluding carboxylic acids is 1. The number of amidine groups is 1. The van der Waals surface area contributed by atoms with Crippen molar-refractivity contribution in [2.45, 2.75) is 18.6 Å². The standard InChI is InChI=1S/C30H26ClN5OS/c1-3-17-35-29(37)27(18-23-10-8-7-9-21(23)2)38-30(35)33-32-19-24-20-36(26-11-5-4-6-12-26)34-28(24)22-13-15-25(31)16-14-22/h3-16,19-20,27H,1,17-18H2,2H3. The molecule has 8 heteroatoms. The summed E-state index contributed by atoms with van der Waals surface area (Å²) in [4.78, 5) is 14.8. The van der Waals surface area contributed by atoms with Crippen molar-refractivity contribution in [3.63, 3.8) is 0 Å². The molecule has 1 saturated heterocycles. The third-order valence-electron chi connectivity index (χ3n) is 6.22. The molecule has 0 N–H and O–H groups in total. The van der Waals surface area contributed by atoms with Crippen LogP contribution >= 0.6 is 23.4 Å². The molecule has 2 heterocycles. The van der Waals surface area contributed by atoms with Gasteiger partial charge >= 0.3 is 0 Å². The molecule has 1 aliphatic rings. The minimum atomic E-state index is -0.254. The van der Waals surface area contributed by atoms with E-state index in [1.807, 2.05) is 77.6 Å². The van der Waals surface area contributed by atoms with Gasteiger partial charge in [-0.25, -0.2) is 4.68 Å². The van der Waals surface area contributed by atoms with Gasteiger partial charge in [0.1, 0.15) is 5.69 Å². The molecule has 1 unspecified atom stereocenters. The van der Waals surface area contributed by atoms with E-state index in [0.717, 1.165) is 28.1 Å². The molecule has 4 aromatic rings. The van der Waals surface area contributed by atoms with Crippen molar-refractivity contribution in [3.05, 3.63) is 119 Å². The number of halogens is 1. The number of hydrogen-bond donors (Lipinski definition) is 0. The molecule has 0 radical (unpaired) electrons. The summed E-state index contributed by atoms with van der Waals surface area (Å²) in [5.74, 6) is 0.0193. The Balaban J connectivity index is 1.44. The molecular weight excluding hydrogens is 514 g/mol. The Morgan fingerprint density at radius 1 is 1.05 bits per heavy atom. The molecule has 0 saturated carbocycles. The van der Waals surface area contributed by atoms with Gasteiger partial charge in [-0.3, -0.25) is 9.69 Å². The quantitative estimate of drug-likeness (QED) is 0.145. The fourth-order valence-electron chi connectivity index (χ4n) is 4.22. The molecular formula is C30H26ClN5OS. The molecule has 38 heavy (non-hydrogen) atoms. The number of hydrogen-bond acceptors (Lipinski definition) is 5. The van der Waals surface area contributed by atoms with Crippen LogP contribution in [0.1, 0.15) is 16.7 Å². The van der Waals surface area contributed by atoms with E-state index in [1.165, 1.54) is 17.3 Å². The van der Waals surface area contributed by atoms with Crippen LogP contribution in [0.2, 0.25) is 5.02 Å². The Morgan fingerprint density at radius 2 is 1.79 bits per heavy atom. The van der Waals surface area contributed by atoms with Crippen molar-refractivity contribution in [2.24, 2.45) is 10.2 Å². The van der Waals surface area contributed by atoms with Gasteiger partial charge < -0.3 is 0 Å².